The Labute approximate surface area is 240 Å². The van der Waals surface area contributed by atoms with Crippen LogP contribution in [-0.2, 0) is 11.0 Å². The van der Waals surface area contributed by atoms with Crippen molar-refractivity contribution < 1.29 is 32.7 Å². The number of rotatable bonds is 8. The number of hydrogen-bond acceptors (Lipinski definition) is 4. The summed E-state index contributed by atoms with van der Waals surface area (Å²) in [6, 6.07) is 3.78. The summed E-state index contributed by atoms with van der Waals surface area (Å²) < 4.78 is 44.4. The molecule has 2 atom stereocenters. The molecule has 2 aromatic rings. The van der Waals surface area contributed by atoms with E-state index in [1.54, 1.807) is 19.9 Å². The van der Waals surface area contributed by atoms with Crippen LogP contribution in [0.2, 0.25) is 10.0 Å². The summed E-state index contributed by atoms with van der Waals surface area (Å²) >= 11 is 12.4. The first-order valence-electron chi connectivity index (χ1n) is 13.2. The molecule has 1 aromatic carbocycles. The lowest BCUT2D eigenvalue weighted by Crippen LogP contribution is -2.46. The summed E-state index contributed by atoms with van der Waals surface area (Å²) in [5, 5.41) is 13.8. The quantitative estimate of drug-likeness (QED) is 0.324. The van der Waals surface area contributed by atoms with Gasteiger partial charge in [0.1, 0.15) is 0 Å². The molecule has 0 unspecified atom stereocenters. The van der Waals surface area contributed by atoms with Crippen LogP contribution in [0.5, 0.6) is 0 Å². The predicted octanol–water partition coefficient (Wildman–Crippen LogP) is 7.18. The summed E-state index contributed by atoms with van der Waals surface area (Å²) in [6.45, 7) is 4.94. The van der Waals surface area contributed by atoms with E-state index in [9.17, 15) is 32.7 Å². The number of aliphatic carboxylic acids is 1. The Hall–Kier alpha value is -2.59. The fraction of sp³-hybridized carbons (Fsp3) is 0.571. The zero-order chi connectivity index (χ0) is 29.6. The van der Waals surface area contributed by atoms with Gasteiger partial charge in [-0.2, -0.15) is 18.3 Å². The minimum atomic E-state index is -4.92. The highest BCUT2D eigenvalue weighted by atomic mass is 35.5. The van der Waals surface area contributed by atoms with E-state index in [2.05, 4.69) is 5.10 Å². The highest BCUT2D eigenvalue weighted by molar-refractivity contribution is 6.40. The molecule has 1 N–H and O–H groups in total. The third kappa shape index (κ3) is 6.03. The normalized spacial score (nSPS) is 21.9. The zero-order valence-corrected chi connectivity index (χ0v) is 24.0. The monoisotopic (exact) mass is 601 g/mol. The summed E-state index contributed by atoms with van der Waals surface area (Å²) in [4.78, 5) is 39.9. The van der Waals surface area contributed by atoms with E-state index in [0.29, 0.717) is 0 Å². The molecule has 2 aliphatic rings. The van der Waals surface area contributed by atoms with E-state index in [1.165, 1.54) is 12.1 Å². The Morgan fingerprint density at radius 3 is 2.25 bits per heavy atom. The molecule has 2 saturated carbocycles. The smallest absolute Gasteiger partial charge is 0.433 e. The number of ketones is 1. The van der Waals surface area contributed by atoms with Gasteiger partial charge in [-0.15, -0.1) is 0 Å². The van der Waals surface area contributed by atoms with Gasteiger partial charge in [0, 0.05) is 6.54 Å². The third-order valence-electron chi connectivity index (χ3n) is 8.43. The van der Waals surface area contributed by atoms with Gasteiger partial charge in [-0.25, -0.2) is 0 Å². The number of carbonyl (C=O) groups is 3. The minimum absolute atomic E-state index is 0.00607. The Morgan fingerprint density at radius 1 is 1.12 bits per heavy atom. The lowest BCUT2D eigenvalue weighted by Gasteiger charge is -2.42. The van der Waals surface area contributed by atoms with Gasteiger partial charge in [0.25, 0.3) is 5.91 Å². The molecule has 218 valence electrons. The summed E-state index contributed by atoms with van der Waals surface area (Å²) in [5.74, 6) is -3.22. The molecular weight excluding hydrogens is 570 g/mol. The molecule has 4 rings (SSSR count). The van der Waals surface area contributed by atoms with Crippen LogP contribution >= 0.6 is 23.2 Å². The lowest BCUT2D eigenvalue weighted by atomic mass is 9.67. The number of nitrogens with zero attached hydrogens (tertiary/aromatic N) is 3. The number of aromatic nitrogens is 2. The average Bonchev–Trinajstić information content (AvgIpc) is 3.27. The lowest BCUT2D eigenvalue weighted by molar-refractivity contribution is -0.151. The van der Waals surface area contributed by atoms with Gasteiger partial charge in [0.05, 0.1) is 45.9 Å². The van der Waals surface area contributed by atoms with E-state index >= 15 is 0 Å². The number of carboxylic acids is 1. The molecule has 2 aliphatic carbocycles. The van der Waals surface area contributed by atoms with E-state index in [1.807, 2.05) is 6.92 Å². The summed E-state index contributed by atoms with van der Waals surface area (Å²) in [6.07, 6.45) is -1.05. The fourth-order valence-corrected chi connectivity index (χ4v) is 6.74. The summed E-state index contributed by atoms with van der Waals surface area (Å²) in [5.41, 5.74) is -2.95. The first-order valence-corrected chi connectivity index (χ1v) is 13.9. The number of carbonyl (C=O) groups excluding carboxylic acids is 2. The summed E-state index contributed by atoms with van der Waals surface area (Å²) in [7, 11) is 0. The number of benzene rings is 1. The van der Waals surface area contributed by atoms with Gasteiger partial charge in [0.15, 0.2) is 11.5 Å². The first-order chi connectivity index (χ1) is 18.5. The van der Waals surface area contributed by atoms with Crippen LogP contribution < -0.4 is 0 Å². The van der Waals surface area contributed by atoms with Crippen LogP contribution in [0.3, 0.4) is 0 Å². The molecule has 2 fully saturated rings. The van der Waals surface area contributed by atoms with Crippen LogP contribution in [0.25, 0.3) is 0 Å². The van der Waals surface area contributed by atoms with Gasteiger partial charge < -0.3 is 10.0 Å². The van der Waals surface area contributed by atoms with E-state index < -0.39 is 59.0 Å². The van der Waals surface area contributed by atoms with Crippen LogP contribution in [0.1, 0.15) is 91.7 Å². The standard InChI is InChI=1S/C28H32Cl2F3N3O4/c1-26(2)12-16(8-9-18(26)25(39)40)36-23(28(31,32)33)17(13-34-36)24(38)35(15-27(3)10-5-11-27)14-21(37)22-19(29)6-4-7-20(22)30/h4,6-7,13,16,18H,5,8-12,14-15H2,1-3H3,(H,39,40)/t16-,18+/m0/s1. The van der Waals surface area contributed by atoms with Crippen LogP contribution in [0.15, 0.2) is 24.4 Å². The van der Waals surface area contributed by atoms with Gasteiger partial charge >= 0.3 is 12.1 Å². The van der Waals surface area contributed by atoms with Gasteiger partial charge in [0.2, 0.25) is 0 Å². The molecule has 40 heavy (non-hydrogen) atoms. The van der Waals surface area contributed by atoms with E-state index in [0.717, 1.165) is 35.0 Å². The second-order valence-electron chi connectivity index (χ2n) is 12.0. The van der Waals surface area contributed by atoms with Crippen molar-refractivity contribution in [1.82, 2.24) is 14.7 Å². The van der Waals surface area contributed by atoms with Crippen molar-refractivity contribution in [2.45, 2.75) is 71.5 Å². The second-order valence-corrected chi connectivity index (χ2v) is 12.8. The van der Waals surface area contributed by atoms with Crippen LogP contribution in [0.4, 0.5) is 13.2 Å². The average molecular weight is 602 g/mol. The van der Waals surface area contributed by atoms with Gasteiger partial charge in [-0.1, -0.05) is 56.5 Å². The maximum Gasteiger partial charge on any atom is 0.433 e. The Kier molecular flexibility index (Phi) is 8.36. The highest BCUT2D eigenvalue weighted by Crippen LogP contribution is 2.47. The van der Waals surface area contributed by atoms with Crippen molar-refractivity contribution in [3.05, 3.63) is 51.3 Å². The molecule has 1 aromatic heterocycles. The molecule has 0 spiro atoms. The number of amides is 1. The molecule has 7 nitrogen and oxygen atoms in total. The van der Waals surface area contributed by atoms with Crippen molar-refractivity contribution >= 4 is 40.9 Å². The van der Waals surface area contributed by atoms with Crippen molar-refractivity contribution in [1.29, 1.82) is 0 Å². The molecule has 0 aliphatic heterocycles. The van der Waals surface area contributed by atoms with E-state index in [-0.39, 0.29) is 46.8 Å². The highest BCUT2D eigenvalue weighted by Gasteiger charge is 2.47. The third-order valence-corrected chi connectivity index (χ3v) is 9.06. The molecule has 1 amide bonds. The maximum atomic E-state index is 14.5. The number of hydrogen-bond donors (Lipinski definition) is 1. The zero-order valence-electron chi connectivity index (χ0n) is 22.5. The topological polar surface area (TPSA) is 92.5 Å². The largest absolute Gasteiger partial charge is 0.481 e. The van der Waals surface area contributed by atoms with E-state index in [4.69, 9.17) is 23.2 Å². The van der Waals surface area contributed by atoms with Crippen molar-refractivity contribution in [2.24, 2.45) is 16.7 Å². The molecule has 12 heteroatoms. The maximum absolute atomic E-state index is 14.5. The molecule has 0 bridgehead atoms. The number of Topliss-reactive ketones (excluding diaryl/α,β-unsaturated/α-hetero) is 1. The Bertz CT molecular complexity index is 1300. The first kappa shape index (κ1) is 30.4. The van der Waals surface area contributed by atoms with Crippen molar-refractivity contribution in [3.63, 3.8) is 0 Å². The van der Waals surface area contributed by atoms with Crippen LogP contribution in [0, 0.1) is 16.7 Å². The Balaban J connectivity index is 1.70. The van der Waals surface area contributed by atoms with Crippen molar-refractivity contribution in [3.8, 4) is 0 Å². The van der Waals surface area contributed by atoms with Crippen molar-refractivity contribution in [2.75, 3.05) is 13.1 Å². The van der Waals surface area contributed by atoms with Crippen LogP contribution in [-0.4, -0.2) is 50.5 Å². The second kappa shape index (κ2) is 11.0. The molecular formula is C28H32Cl2F3N3O4. The number of carboxylic acid groups (broad SMARTS) is 1. The minimum Gasteiger partial charge on any atom is -0.481 e. The predicted molar refractivity (Wildman–Crippen MR) is 144 cm³/mol. The molecule has 0 radical (unpaired) electrons. The van der Waals surface area contributed by atoms with Gasteiger partial charge in [-0.05, 0) is 55.1 Å². The fourth-order valence-electron chi connectivity index (χ4n) is 6.13. The Morgan fingerprint density at radius 2 is 1.75 bits per heavy atom. The molecule has 0 saturated heterocycles. The number of alkyl halides is 3. The number of halogens is 5. The molecule has 1 heterocycles. The SMILES string of the molecule is CC1(CN(CC(=O)c2c(Cl)cccc2Cl)C(=O)c2cnn([C@H]3CC[C@H](C(=O)O)C(C)(C)C3)c2C(F)(F)F)CCC1. The van der Waals surface area contributed by atoms with Gasteiger partial charge in [-0.3, -0.25) is 19.1 Å².